The first-order valence-corrected chi connectivity index (χ1v) is 10.7. The van der Waals surface area contributed by atoms with Crippen LogP contribution in [-0.4, -0.2) is 84.0 Å². The average Bonchev–Trinajstić information content (AvgIpc) is 2.70. The summed E-state index contributed by atoms with van der Waals surface area (Å²) >= 11 is 0. The molecule has 3 aliphatic rings. The van der Waals surface area contributed by atoms with Gasteiger partial charge in [0, 0.05) is 25.7 Å². The number of phenols is 1. The Morgan fingerprint density at radius 3 is 2.27 bits per heavy atom. The summed E-state index contributed by atoms with van der Waals surface area (Å²) in [6, 6.07) is 1.94. The molecule has 0 bridgehead atoms. The molecule has 1 aromatic carbocycles. The lowest BCUT2D eigenvalue weighted by molar-refractivity contribution is -0.181. The van der Waals surface area contributed by atoms with Crippen LogP contribution in [0.4, 0.5) is 5.69 Å². The Morgan fingerprint density at radius 2 is 1.73 bits per heavy atom. The van der Waals surface area contributed by atoms with Crippen molar-refractivity contribution in [1.82, 2.24) is 4.90 Å². The van der Waals surface area contributed by atoms with Crippen LogP contribution in [0.15, 0.2) is 12.1 Å². The summed E-state index contributed by atoms with van der Waals surface area (Å²) in [5.41, 5.74) is 3.87. The number of Topliss-reactive ketones (excluding diaryl/α,β-unsaturated/α-hetero) is 4. The number of ketones is 4. The zero-order chi connectivity index (χ0) is 24.6. The molecule has 0 heterocycles. The molecule has 1 amide bonds. The maximum atomic E-state index is 13.7. The predicted molar refractivity (Wildman–Crippen MR) is 116 cm³/mol. The standard InChI is InChI=1S/C23H27N3O7/c1-25(2)12-5-6-13(27)15-10(12)7-9-8-11-17(26(3)4)19(29)16(22(24)32)21(31)23(11,33)20(30)14(9)18(15)28/h5-6,9,11,14,16-17,27,33H,7-8H2,1-4H3,(H2,24,32)/t9-,11-,14+,16+,17-,23-/m0/s1. The highest BCUT2D eigenvalue weighted by Gasteiger charge is 2.69. The number of aliphatic hydroxyl groups is 1. The number of nitrogens with zero attached hydrogens (tertiary/aromatic N) is 2. The molecule has 4 N–H and O–H groups in total. The SMILES string of the molecule is CN(C)c1ccc(O)c2c1C[C@H]1C[C@H]3[C@H](N(C)C)C(=O)[C@@H](C(N)=O)C(=O)[C@@]3(O)C(=O)[C@H]1C2=O. The number of hydrogen-bond donors (Lipinski definition) is 3. The number of aromatic hydroxyl groups is 1. The number of anilines is 1. The van der Waals surface area contributed by atoms with Crippen LogP contribution in [0.5, 0.6) is 5.75 Å². The molecule has 2 fully saturated rings. The van der Waals surface area contributed by atoms with Crippen LogP contribution < -0.4 is 10.6 Å². The number of carbonyl (C=O) groups excluding carboxylic acids is 5. The number of hydrogen-bond acceptors (Lipinski definition) is 9. The summed E-state index contributed by atoms with van der Waals surface area (Å²) in [6.45, 7) is 0. The molecular formula is C23H27N3O7. The summed E-state index contributed by atoms with van der Waals surface area (Å²) in [5.74, 6) is -10.3. The van der Waals surface area contributed by atoms with Crippen molar-refractivity contribution in [3.63, 3.8) is 0 Å². The van der Waals surface area contributed by atoms with E-state index in [2.05, 4.69) is 0 Å². The van der Waals surface area contributed by atoms with E-state index in [-0.39, 0.29) is 24.2 Å². The van der Waals surface area contributed by atoms with Crippen molar-refractivity contribution in [3.05, 3.63) is 23.3 Å². The zero-order valence-corrected chi connectivity index (χ0v) is 18.9. The van der Waals surface area contributed by atoms with Crippen molar-refractivity contribution < 1.29 is 34.2 Å². The quantitative estimate of drug-likeness (QED) is 0.481. The molecule has 0 spiro atoms. The molecule has 0 radical (unpaired) electrons. The summed E-state index contributed by atoms with van der Waals surface area (Å²) in [5, 5.41) is 21.9. The van der Waals surface area contributed by atoms with E-state index >= 15 is 0 Å². The lowest BCUT2D eigenvalue weighted by Gasteiger charge is -2.52. The molecule has 176 valence electrons. The third-order valence-electron chi connectivity index (χ3n) is 7.40. The van der Waals surface area contributed by atoms with E-state index in [0.29, 0.717) is 11.3 Å². The zero-order valence-electron chi connectivity index (χ0n) is 18.9. The van der Waals surface area contributed by atoms with Crippen LogP contribution in [0.1, 0.15) is 22.3 Å². The monoisotopic (exact) mass is 457 g/mol. The van der Waals surface area contributed by atoms with Gasteiger partial charge in [-0.15, -0.1) is 0 Å². The molecule has 10 nitrogen and oxygen atoms in total. The molecular weight excluding hydrogens is 430 g/mol. The Labute approximate surface area is 190 Å². The molecule has 10 heteroatoms. The molecule has 4 rings (SSSR count). The van der Waals surface area contributed by atoms with Crippen LogP contribution >= 0.6 is 0 Å². The number of fused-ring (bicyclic) bond motifs is 3. The normalized spacial score (nSPS) is 33.5. The van der Waals surface area contributed by atoms with Crippen molar-refractivity contribution in [3.8, 4) is 5.75 Å². The fourth-order valence-electron chi connectivity index (χ4n) is 6.01. The Hall–Kier alpha value is -3.11. The number of benzene rings is 1. The van der Waals surface area contributed by atoms with Crippen LogP contribution in [0.25, 0.3) is 0 Å². The largest absolute Gasteiger partial charge is 0.507 e. The highest BCUT2D eigenvalue weighted by Crippen LogP contribution is 2.51. The molecule has 33 heavy (non-hydrogen) atoms. The first kappa shape index (κ1) is 23.1. The Bertz CT molecular complexity index is 1110. The van der Waals surface area contributed by atoms with E-state index in [0.717, 1.165) is 0 Å². The van der Waals surface area contributed by atoms with Gasteiger partial charge in [0.05, 0.1) is 17.5 Å². The van der Waals surface area contributed by atoms with Gasteiger partial charge in [-0.1, -0.05) is 0 Å². The first-order valence-electron chi connectivity index (χ1n) is 10.7. The van der Waals surface area contributed by atoms with E-state index in [9.17, 15) is 34.2 Å². The highest BCUT2D eigenvalue weighted by atomic mass is 16.3. The van der Waals surface area contributed by atoms with Crippen molar-refractivity contribution in [2.24, 2.45) is 29.4 Å². The van der Waals surface area contributed by atoms with Gasteiger partial charge in [-0.2, -0.15) is 0 Å². The summed E-state index contributed by atoms with van der Waals surface area (Å²) < 4.78 is 0. The van der Waals surface area contributed by atoms with E-state index in [1.165, 1.54) is 11.0 Å². The van der Waals surface area contributed by atoms with Gasteiger partial charge in [-0.05, 0) is 50.6 Å². The highest BCUT2D eigenvalue weighted by molar-refractivity contribution is 6.32. The number of rotatable bonds is 3. The molecule has 6 atom stereocenters. The predicted octanol–water partition coefficient (Wildman–Crippen LogP) is -1.07. The lowest BCUT2D eigenvalue weighted by atomic mass is 9.52. The van der Waals surface area contributed by atoms with Crippen molar-refractivity contribution >= 4 is 34.7 Å². The van der Waals surface area contributed by atoms with E-state index in [4.69, 9.17) is 5.73 Å². The van der Waals surface area contributed by atoms with Gasteiger partial charge in [0.2, 0.25) is 5.91 Å². The molecule has 0 aromatic heterocycles. The van der Waals surface area contributed by atoms with Gasteiger partial charge >= 0.3 is 0 Å². The third-order valence-corrected chi connectivity index (χ3v) is 7.40. The van der Waals surface area contributed by atoms with Crippen LogP contribution in [0, 0.1) is 23.7 Å². The molecule has 0 aliphatic heterocycles. The Morgan fingerprint density at radius 1 is 1.09 bits per heavy atom. The summed E-state index contributed by atoms with van der Waals surface area (Å²) in [6.07, 6.45) is 0.278. The first-order chi connectivity index (χ1) is 15.3. The fraction of sp³-hybridized carbons (Fsp3) is 0.522. The van der Waals surface area contributed by atoms with Crippen molar-refractivity contribution in [1.29, 1.82) is 0 Å². The second kappa shape index (κ2) is 7.46. The Kier molecular flexibility index (Phi) is 5.21. The van der Waals surface area contributed by atoms with Crippen LogP contribution in [0.3, 0.4) is 0 Å². The van der Waals surface area contributed by atoms with Crippen molar-refractivity contribution in [2.75, 3.05) is 33.1 Å². The minimum atomic E-state index is -2.70. The van der Waals surface area contributed by atoms with Gasteiger partial charge in [0.15, 0.2) is 34.7 Å². The van der Waals surface area contributed by atoms with Crippen LogP contribution in [-0.2, 0) is 25.6 Å². The van der Waals surface area contributed by atoms with Gasteiger partial charge in [-0.25, -0.2) is 0 Å². The van der Waals surface area contributed by atoms with E-state index < -0.39 is 64.4 Å². The molecule has 2 saturated carbocycles. The van der Waals surface area contributed by atoms with E-state index in [1.807, 2.05) is 0 Å². The van der Waals surface area contributed by atoms with E-state index in [1.54, 1.807) is 39.2 Å². The summed E-state index contributed by atoms with van der Waals surface area (Å²) in [7, 11) is 6.69. The number of amides is 1. The molecule has 1 aromatic rings. The maximum Gasteiger partial charge on any atom is 0.235 e. The maximum absolute atomic E-state index is 13.7. The third kappa shape index (κ3) is 2.97. The number of likely N-dealkylation sites (N-methyl/N-ethyl adjacent to an activating group) is 1. The number of carbonyl (C=O) groups is 5. The summed E-state index contributed by atoms with van der Waals surface area (Å²) in [4.78, 5) is 68.6. The Balaban J connectivity index is 1.89. The minimum Gasteiger partial charge on any atom is -0.507 e. The average molecular weight is 457 g/mol. The minimum absolute atomic E-state index is 0.00667. The van der Waals surface area contributed by atoms with Gasteiger partial charge in [0.25, 0.3) is 0 Å². The van der Waals surface area contributed by atoms with Crippen LogP contribution in [0.2, 0.25) is 0 Å². The lowest BCUT2D eigenvalue weighted by Crippen LogP contribution is -2.74. The topological polar surface area (TPSA) is 158 Å². The fourth-order valence-corrected chi connectivity index (χ4v) is 6.01. The number of phenolic OH excluding ortho intramolecular Hbond substituents is 1. The van der Waals surface area contributed by atoms with Gasteiger partial charge in [0.1, 0.15) is 5.75 Å². The second-order valence-electron chi connectivity index (χ2n) is 9.64. The number of primary amides is 1. The second-order valence-corrected chi connectivity index (χ2v) is 9.64. The van der Waals surface area contributed by atoms with Crippen molar-refractivity contribution in [2.45, 2.75) is 24.5 Å². The van der Waals surface area contributed by atoms with Gasteiger partial charge < -0.3 is 20.8 Å². The number of nitrogens with two attached hydrogens (primary N) is 1. The molecule has 0 unspecified atom stereocenters. The molecule has 3 aliphatic carbocycles. The smallest absolute Gasteiger partial charge is 0.235 e. The molecule has 0 saturated heterocycles. The van der Waals surface area contributed by atoms with Gasteiger partial charge in [-0.3, -0.25) is 28.9 Å².